The molecule has 0 saturated carbocycles. The van der Waals surface area contributed by atoms with Crippen LogP contribution in [0.4, 0.5) is 0 Å². The molecule has 0 radical (unpaired) electrons. The number of piperidine rings is 1. The Balaban J connectivity index is 1.64. The molecular weight excluding hydrogens is 344 g/mol. The van der Waals surface area contributed by atoms with Gasteiger partial charge in [-0.05, 0) is 58.5 Å². The Bertz CT molecular complexity index is 665. The molecular formula is C17H17BrN2O2. The molecule has 1 N–H and O–H groups in total. The van der Waals surface area contributed by atoms with Gasteiger partial charge in [0, 0.05) is 30.0 Å². The van der Waals surface area contributed by atoms with Crippen LogP contribution >= 0.6 is 15.9 Å². The molecule has 1 aromatic carbocycles. The first-order chi connectivity index (χ1) is 10.6. The molecule has 0 unspecified atom stereocenters. The summed E-state index contributed by atoms with van der Waals surface area (Å²) in [7, 11) is 0. The van der Waals surface area contributed by atoms with Crippen LogP contribution in [-0.4, -0.2) is 34.0 Å². The maximum absolute atomic E-state index is 12.5. The highest BCUT2D eigenvalue weighted by Gasteiger charge is 2.24. The van der Waals surface area contributed by atoms with Crippen molar-refractivity contribution in [3.8, 4) is 5.75 Å². The molecule has 114 valence electrons. The summed E-state index contributed by atoms with van der Waals surface area (Å²) in [4.78, 5) is 18.4. The van der Waals surface area contributed by atoms with Crippen LogP contribution in [0.2, 0.25) is 0 Å². The minimum atomic E-state index is 0.0398. The van der Waals surface area contributed by atoms with Gasteiger partial charge in [0.1, 0.15) is 5.75 Å². The maximum atomic E-state index is 12.5. The van der Waals surface area contributed by atoms with Crippen molar-refractivity contribution in [3.63, 3.8) is 0 Å². The number of phenolic OH excluding ortho intramolecular Hbond substituents is 1. The normalized spacial score (nSPS) is 15.8. The number of amides is 1. The third-order valence-corrected chi connectivity index (χ3v) is 4.53. The zero-order valence-electron chi connectivity index (χ0n) is 12.1. The molecule has 2 aromatic rings. The van der Waals surface area contributed by atoms with E-state index in [9.17, 15) is 9.90 Å². The van der Waals surface area contributed by atoms with Crippen molar-refractivity contribution in [2.24, 2.45) is 0 Å². The van der Waals surface area contributed by atoms with E-state index in [0.717, 1.165) is 30.4 Å². The van der Waals surface area contributed by atoms with Gasteiger partial charge in [-0.1, -0.05) is 12.1 Å². The fourth-order valence-corrected chi connectivity index (χ4v) is 3.24. The van der Waals surface area contributed by atoms with E-state index in [0.29, 0.717) is 17.2 Å². The number of hydrogen-bond donors (Lipinski definition) is 1. The molecule has 3 rings (SSSR count). The predicted molar refractivity (Wildman–Crippen MR) is 87.9 cm³/mol. The van der Waals surface area contributed by atoms with Gasteiger partial charge in [0.25, 0.3) is 5.91 Å². The fraction of sp³-hybridized carbons (Fsp3) is 0.294. The lowest BCUT2D eigenvalue weighted by molar-refractivity contribution is 0.0712. The number of benzene rings is 1. The topological polar surface area (TPSA) is 53.4 Å². The lowest BCUT2D eigenvalue weighted by Gasteiger charge is -2.32. The average molecular weight is 361 g/mol. The van der Waals surface area contributed by atoms with Crippen LogP contribution in [0.15, 0.2) is 47.2 Å². The minimum absolute atomic E-state index is 0.0398. The highest BCUT2D eigenvalue weighted by atomic mass is 79.9. The van der Waals surface area contributed by atoms with Crippen LogP contribution in [0.25, 0.3) is 0 Å². The lowest BCUT2D eigenvalue weighted by Crippen LogP contribution is -2.37. The molecule has 22 heavy (non-hydrogen) atoms. The number of carbonyl (C=O) groups excluding carboxylic acids is 1. The van der Waals surface area contributed by atoms with Crippen molar-refractivity contribution in [1.82, 2.24) is 9.88 Å². The second-order valence-electron chi connectivity index (χ2n) is 5.55. The van der Waals surface area contributed by atoms with E-state index < -0.39 is 0 Å². The smallest absolute Gasteiger partial charge is 0.255 e. The monoisotopic (exact) mass is 360 g/mol. The number of aromatic nitrogens is 1. The third kappa shape index (κ3) is 3.30. The van der Waals surface area contributed by atoms with Gasteiger partial charge in [0.2, 0.25) is 0 Å². The van der Waals surface area contributed by atoms with Crippen LogP contribution in [0.3, 0.4) is 0 Å². The van der Waals surface area contributed by atoms with Gasteiger partial charge < -0.3 is 10.0 Å². The van der Waals surface area contributed by atoms with Crippen LogP contribution < -0.4 is 0 Å². The Labute approximate surface area is 137 Å². The number of pyridine rings is 1. The Morgan fingerprint density at radius 1 is 1.18 bits per heavy atom. The zero-order chi connectivity index (χ0) is 15.5. The van der Waals surface area contributed by atoms with E-state index in [1.807, 2.05) is 17.0 Å². The Morgan fingerprint density at radius 3 is 2.50 bits per heavy atom. The van der Waals surface area contributed by atoms with Gasteiger partial charge in [-0.25, -0.2) is 0 Å². The summed E-state index contributed by atoms with van der Waals surface area (Å²) < 4.78 is 0.817. The molecule has 0 bridgehead atoms. The van der Waals surface area contributed by atoms with Crippen molar-refractivity contribution in [2.75, 3.05) is 13.1 Å². The summed E-state index contributed by atoms with van der Waals surface area (Å²) in [6.07, 6.45) is 5.17. The van der Waals surface area contributed by atoms with Crippen LogP contribution in [0, 0.1) is 0 Å². The summed E-state index contributed by atoms with van der Waals surface area (Å²) in [6, 6.07) is 9.19. The van der Waals surface area contributed by atoms with E-state index in [1.54, 1.807) is 30.6 Å². The third-order valence-electron chi connectivity index (χ3n) is 4.10. The summed E-state index contributed by atoms with van der Waals surface area (Å²) in [6.45, 7) is 1.49. The number of likely N-dealkylation sites (tertiary alicyclic amines) is 1. The van der Waals surface area contributed by atoms with E-state index >= 15 is 0 Å². The number of hydrogen-bond acceptors (Lipinski definition) is 3. The molecule has 1 aromatic heterocycles. The SMILES string of the molecule is O=C(c1cncc(Br)c1)N1CCC(c2ccc(O)cc2)CC1. The first-order valence-corrected chi connectivity index (χ1v) is 8.11. The van der Waals surface area contributed by atoms with Gasteiger partial charge in [0.15, 0.2) is 0 Å². The molecule has 2 heterocycles. The van der Waals surface area contributed by atoms with E-state index in [1.165, 1.54) is 5.56 Å². The molecule has 4 nitrogen and oxygen atoms in total. The van der Waals surface area contributed by atoms with Gasteiger partial charge >= 0.3 is 0 Å². The number of carbonyl (C=O) groups is 1. The average Bonchev–Trinajstić information content (AvgIpc) is 2.55. The number of aromatic hydroxyl groups is 1. The number of rotatable bonds is 2. The Morgan fingerprint density at radius 2 is 1.86 bits per heavy atom. The second-order valence-corrected chi connectivity index (χ2v) is 6.47. The molecule has 1 aliphatic heterocycles. The van der Waals surface area contributed by atoms with Gasteiger partial charge in [0.05, 0.1) is 5.56 Å². The fourth-order valence-electron chi connectivity index (χ4n) is 2.87. The lowest BCUT2D eigenvalue weighted by atomic mass is 9.89. The number of phenols is 1. The van der Waals surface area contributed by atoms with Crippen molar-refractivity contribution in [2.45, 2.75) is 18.8 Å². The zero-order valence-corrected chi connectivity index (χ0v) is 13.7. The predicted octanol–water partition coefficient (Wildman–Crippen LogP) is 3.57. The van der Waals surface area contributed by atoms with Crippen molar-refractivity contribution >= 4 is 21.8 Å². The van der Waals surface area contributed by atoms with Gasteiger partial charge in [-0.15, -0.1) is 0 Å². The van der Waals surface area contributed by atoms with Crippen molar-refractivity contribution in [1.29, 1.82) is 0 Å². The highest BCUT2D eigenvalue weighted by molar-refractivity contribution is 9.10. The largest absolute Gasteiger partial charge is 0.508 e. The van der Waals surface area contributed by atoms with E-state index in [2.05, 4.69) is 20.9 Å². The van der Waals surface area contributed by atoms with E-state index in [-0.39, 0.29) is 5.91 Å². The first kappa shape index (κ1) is 15.0. The summed E-state index contributed by atoms with van der Waals surface area (Å²) >= 11 is 3.35. The highest BCUT2D eigenvalue weighted by Crippen LogP contribution is 2.29. The molecule has 5 heteroatoms. The molecule has 1 amide bonds. The van der Waals surface area contributed by atoms with Gasteiger partial charge in [-0.2, -0.15) is 0 Å². The number of halogens is 1. The molecule has 1 fully saturated rings. The van der Waals surface area contributed by atoms with Gasteiger partial charge in [-0.3, -0.25) is 9.78 Å². The maximum Gasteiger partial charge on any atom is 0.255 e. The summed E-state index contributed by atoms with van der Waals surface area (Å²) in [5.41, 5.74) is 1.85. The molecule has 1 aliphatic rings. The molecule has 0 atom stereocenters. The quantitative estimate of drug-likeness (QED) is 0.890. The van der Waals surface area contributed by atoms with E-state index in [4.69, 9.17) is 0 Å². The summed E-state index contributed by atoms with van der Waals surface area (Å²) in [5.74, 6) is 0.779. The first-order valence-electron chi connectivity index (χ1n) is 7.32. The van der Waals surface area contributed by atoms with Crippen molar-refractivity contribution in [3.05, 3.63) is 58.3 Å². The van der Waals surface area contributed by atoms with Crippen LogP contribution in [0.1, 0.15) is 34.7 Å². The molecule has 0 spiro atoms. The Hall–Kier alpha value is -1.88. The second kappa shape index (κ2) is 6.48. The standard InChI is InChI=1S/C17H17BrN2O2/c18-15-9-14(10-19-11-15)17(22)20-7-5-13(6-8-20)12-1-3-16(21)4-2-12/h1-4,9-11,13,21H,5-8H2. The Kier molecular flexibility index (Phi) is 4.43. The molecule has 0 aliphatic carbocycles. The summed E-state index contributed by atoms with van der Waals surface area (Å²) in [5, 5.41) is 9.36. The van der Waals surface area contributed by atoms with Crippen molar-refractivity contribution < 1.29 is 9.90 Å². The van der Waals surface area contributed by atoms with Crippen LogP contribution in [0.5, 0.6) is 5.75 Å². The molecule has 1 saturated heterocycles. The number of nitrogens with zero attached hydrogens (tertiary/aromatic N) is 2. The van der Waals surface area contributed by atoms with Crippen LogP contribution in [-0.2, 0) is 0 Å². The minimum Gasteiger partial charge on any atom is -0.508 e.